The van der Waals surface area contributed by atoms with Crippen molar-refractivity contribution >= 4 is 47.4 Å². The average molecular weight is 586 g/mol. The Morgan fingerprint density at radius 2 is 1.64 bits per heavy atom. The van der Waals surface area contributed by atoms with Crippen LogP contribution in [0.3, 0.4) is 0 Å². The monoisotopic (exact) mass is 585 g/mol. The second-order valence-corrected chi connectivity index (χ2v) is 11.6. The molecule has 0 radical (unpaired) electrons. The fourth-order valence-electron chi connectivity index (χ4n) is 6.00. The van der Waals surface area contributed by atoms with Gasteiger partial charge in [-0.25, -0.2) is 0 Å². The molecule has 9 nitrogen and oxygen atoms in total. The smallest absolute Gasteiger partial charge is 0.325 e. The van der Waals surface area contributed by atoms with Crippen molar-refractivity contribution in [2.75, 3.05) is 18.6 Å². The van der Waals surface area contributed by atoms with Crippen molar-refractivity contribution in [1.82, 2.24) is 10.2 Å². The van der Waals surface area contributed by atoms with Gasteiger partial charge in [-0.2, -0.15) is 11.8 Å². The highest BCUT2D eigenvalue weighted by Crippen LogP contribution is 2.50. The number of carboxylic acid groups (broad SMARTS) is 1. The zero-order valence-corrected chi connectivity index (χ0v) is 23.8. The molecular weight excluding hydrogens is 554 g/mol. The third-order valence-electron chi connectivity index (χ3n) is 8.05. The number of nitrogens with zero attached hydrogens (tertiary/aromatic N) is 2. The number of nitrogens with one attached hydrogen (secondary N) is 1. The van der Waals surface area contributed by atoms with Crippen LogP contribution in [0.4, 0.5) is 5.69 Å². The molecule has 2 saturated heterocycles. The minimum atomic E-state index is -1.78. The minimum absolute atomic E-state index is 0.117. The summed E-state index contributed by atoms with van der Waals surface area (Å²) in [5, 5.41) is 25.0. The summed E-state index contributed by atoms with van der Waals surface area (Å²) in [6.45, 7) is 0.231. The van der Waals surface area contributed by atoms with Gasteiger partial charge in [0, 0.05) is 31.1 Å². The van der Waals surface area contributed by atoms with Crippen LogP contribution in [0.2, 0.25) is 0 Å². The van der Waals surface area contributed by atoms with E-state index >= 15 is 0 Å². The SMILES string of the molecule is CSCCCN1C(=O)C2C(c3ccc(/C=C/c4ccccc4)cc3)NC(Cc3ccc([N+](=O)[O-])cc3)(C(=O)O)C2C1=O. The maximum Gasteiger partial charge on any atom is 0.325 e. The van der Waals surface area contributed by atoms with E-state index in [-0.39, 0.29) is 24.6 Å². The lowest BCUT2D eigenvalue weighted by atomic mass is 9.76. The Morgan fingerprint density at radius 3 is 2.24 bits per heavy atom. The van der Waals surface area contributed by atoms with Crippen molar-refractivity contribution < 1.29 is 24.4 Å². The van der Waals surface area contributed by atoms with E-state index in [1.807, 2.05) is 73.0 Å². The number of nitro groups is 1. The topological polar surface area (TPSA) is 130 Å². The maximum absolute atomic E-state index is 13.8. The summed E-state index contributed by atoms with van der Waals surface area (Å²) in [4.78, 5) is 52.4. The van der Waals surface area contributed by atoms with Crippen LogP contribution in [0.25, 0.3) is 12.2 Å². The zero-order valence-electron chi connectivity index (χ0n) is 23.0. The fourth-order valence-corrected chi connectivity index (χ4v) is 6.42. The lowest BCUT2D eigenvalue weighted by Crippen LogP contribution is -2.57. The molecule has 0 aromatic heterocycles. The molecule has 2 heterocycles. The first-order valence-electron chi connectivity index (χ1n) is 13.7. The highest BCUT2D eigenvalue weighted by molar-refractivity contribution is 7.98. The first-order chi connectivity index (χ1) is 20.2. The van der Waals surface area contributed by atoms with Crippen molar-refractivity contribution in [2.24, 2.45) is 11.8 Å². The van der Waals surface area contributed by atoms with Gasteiger partial charge in [-0.3, -0.25) is 34.7 Å². The molecular formula is C32H31N3O6S. The normalized spacial score (nSPS) is 23.5. The van der Waals surface area contributed by atoms with Crippen LogP contribution >= 0.6 is 11.8 Å². The van der Waals surface area contributed by atoms with Gasteiger partial charge < -0.3 is 5.11 Å². The number of hydrogen-bond donors (Lipinski definition) is 2. The molecule has 4 unspecified atom stereocenters. The van der Waals surface area contributed by atoms with Crippen LogP contribution in [0.15, 0.2) is 78.9 Å². The summed E-state index contributed by atoms with van der Waals surface area (Å²) >= 11 is 1.61. The molecule has 42 heavy (non-hydrogen) atoms. The number of carbonyl (C=O) groups is 3. The van der Waals surface area contributed by atoms with Crippen molar-refractivity contribution in [3.63, 3.8) is 0 Å². The molecule has 0 spiro atoms. The van der Waals surface area contributed by atoms with Gasteiger partial charge in [0.15, 0.2) is 0 Å². The van der Waals surface area contributed by atoms with Crippen LogP contribution in [-0.4, -0.2) is 56.8 Å². The average Bonchev–Trinajstić information content (AvgIpc) is 3.47. The summed E-state index contributed by atoms with van der Waals surface area (Å²) in [7, 11) is 0. The van der Waals surface area contributed by atoms with Crippen molar-refractivity contribution in [1.29, 1.82) is 0 Å². The van der Waals surface area contributed by atoms with Gasteiger partial charge in [-0.05, 0) is 40.7 Å². The standard InChI is InChI=1S/C32H31N3O6S/c1-42-19-5-18-34-29(36)26-27(30(34)37)32(31(38)39,20-23-12-16-25(17-13-23)35(40)41)33-28(26)24-14-10-22(11-15-24)9-8-21-6-3-2-4-7-21/h2-4,6-17,26-28,33H,5,18-20H2,1H3,(H,38,39)/b9-8+. The third kappa shape index (κ3) is 5.60. The Kier molecular flexibility index (Phi) is 8.56. The van der Waals surface area contributed by atoms with E-state index in [4.69, 9.17) is 0 Å². The molecule has 4 atom stereocenters. The molecule has 2 N–H and O–H groups in total. The summed E-state index contributed by atoms with van der Waals surface area (Å²) in [5.74, 6) is -3.37. The van der Waals surface area contributed by atoms with Crippen molar-refractivity contribution in [3.05, 3.63) is 111 Å². The molecule has 0 aliphatic carbocycles. The number of likely N-dealkylation sites (tertiary alicyclic amines) is 1. The molecule has 3 aromatic rings. The van der Waals surface area contributed by atoms with Crippen LogP contribution in [0, 0.1) is 22.0 Å². The number of non-ortho nitro benzene ring substituents is 1. The summed E-state index contributed by atoms with van der Waals surface area (Å²) in [5.41, 5.74) is 1.30. The lowest BCUT2D eigenvalue weighted by Gasteiger charge is -2.31. The van der Waals surface area contributed by atoms with Gasteiger partial charge in [0.05, 0.1) is 16.8 Å². The predicted molar refractivity (Wildman–Crippen MR) is 162 cm³/mol. The Bertz CT molecular complexity index is 1510. The van der Waals surface area contributed by atoms with E-state index in [1.54, 1.807) is 11.8 Å². The Morgan fingerprint density at radius 1 is 1.00 bits per heavy atom. The first-order valence-corrected chi connectivity index (χ1v) is 15.1. The van der Waals surface area contributed by atoms with Gasteiger partial charge >= 0.3 is 5.97 Å². The maximum atomic E-state index is 13.8. The molecule has 2 amide bonds. The van der Waals surface area contributed by atoms with Gasteiger partial charge in [-0.15, -0.1) is 0 Å². The number of aliphatic carboxylic acids is 1. The number of imide groups is 1. The van der Waals surface area contributed by atoms with Crippen LogP contribution in [0.5, 0.6) is 0 Å². The molecule has 2 aliphatic heterocycles. The predicted octanol–water partition coefficient (Wildman–Crippen LogP) is 4.83. The first kappa shape index (κ1) is 29.2. The van der Waals surface area contributed by atoms with E-state index in [9.17, 15) is 29.6 Å². The van der Waals surface area contributed by atoms with Crippen molar-refractivity contribution in [3.8, 4) is 0 Å². The Balaban J connectivity index is 1.50. The largest absolute Gasteiger partial charge is 0.480 e. The molecule has 10 heteroatoms. The molecule has 216 valence electrons. The molecule has 2 aliphatic rings. The summed E-state index contributed by atoms with van der Waals surface area (Å²) in [6, 6.07) is 22.3. The Labute approximate surface area is 247 Å². The highest BCUT2D eigenvalue weighted by atomic mass is 32.2. The van der Waals surface area contributed by atoms with Gasteiger partial charge in [0.1, 0.15) is 5.54 Å². The second kappa shape index (κ2) is 12.3. The number of amides is 2. The van der Waals surface area contributed by atoms with Crippen LogP contribution in [-0.2, 0) is 20.8 Å². The Hall–Kier alpha value is -4.28. The third-order valence-corrected chi connectivity index (χ3v) is 8.75. The van der Waals surface area contributed by atoms with E-state index in [0.29, 0.717) is 17.5 Å². The number of fused-ring (bicyclic) bond motifs is 1. The molecule has 0 bridgehead atoms. The zero-order chi connectivity index (χ0) is 29.9. The van der Waals surface area contributed by atoms with Gasteiger partial charge in [0.25, 0.3) is 5.69 Å². The lowest BCUT2D eigenvalue weighted by molar-refractivity contribution is -0.384. The van der Waals surface area contributed by atoms with E-state index in [1.165, 1.54) is 29.2 Å². The second-order valence-electron chi connectivity index (χ2n) is 10.6. The van der Waals surface area contributed by atoms with Gasteiger partial charge in [0.2, 0.25) is 11.8 Å². The number of thioether (sulfide) groups is 1. The van der Waals surface area contributed by atoms with E-state index < -0.39 is 40.2 Å². The number of nitro benzene ring substituents is 1. The quantitative estimate of drug-likeness (QED) is 0.108. The number of rotatable bonds is 11. The molecule has 0 saturated carbocycles. The van der Waals surface area contributed by atoms with Crippen LogP contribution in [0.1, 0.15) is 34.7 Å². The highest BCUT2D eigenvalue weighted by Gasteiger charge is 2.68. The number of benzene rings is 3. The molecule has 2 fully saturated rings. The van der Waals surface area contributed by atoms with E-state index in [2.05, 4.69) is 5.32 Å². The van der Waals surface area contributed by atoms with E-state index in [0.717, 1.165) is 16.9 Å². The molecule has 5 rings (SSSR count). The minimum Gasteiger partial charge on any atom is -0.480 e. The summed E-state index contributed by atoms with van der Waals surface area (Å²) in [6.07, 6.45) is 6.40. The fraction of sp³-hybridized carbons (Fsp3) is 0.281. The van der Waals surface area contributed by atoms with Crippen LogP contribution < -0.4 is 5.32 Å². The van der Waals surface area contributed by atoms with Crippen molar-refractivity contribution in [2.45, 2.75) is 24.4 Å². The number of carboxylic acids is 1. The number of hydrogen-bond acceptors (Lipinski definition) is 7. The van der Waals surface area contributed by atoms with Gasteiger partial charge in [-0.1, -0.05) is 78.9 Å². The summed E-state index contributed by atoms with van der Waals surface area (Å²) < 4.78 is 0. The molecule has 3 aromatic carbocycles. The number of carbonyl (C=O) groups excluding carboxylic acids is 2.